The lowest BCUT2D eigenvalue weighted by Gasteiger charge is -1.95. The second-order valence-corrected chi connectivity index (χ2v) is 4.34. The minimum atomic E-state index is -0.491. The molecular weight excluding hydrogens is 250 g/mol. The topological polar surface area (TPSA) is 60.2 Å². The van der Waals surface area contributed by atoms with E-state index in [2.05, 4.69) is 0 Å². The molecular formula is C13H9NO3S. The van der Waals surface area contributed by atoms with Gasteiger partial charge in [-0.25, -0.2) is 0 Å². The number of nitro groups is 1. The Labute approximate surface area is 107 Å². The molecule has 2 aromatic rings. The highest BCUT2D eigenvalue weighted by Crippen LogP contribution is 2.13. The number of benzene rings is 1. The Morgan fingerprint density at radius 1 is 1.22 bits per heavy atom. The van der Waals surface area contributed by atoms with E-state index in [9.17, 15) is 14.9 Å². The fourth-order valence-corrected chi connectivity index (χ4v) is 2.01. The van der Waals surface area contributed by atoms with Crippen molar-refractivity contribution in [3.05, 3.63) is 68.4 Å². The lowest BCUT2D eigenvalue weighted by molar-refractivity contribution is -0.384. The molecule has 18 heavy (non-hydrogen) atoms. The summed E-state index contributed by atoms with van der Waals surface area (Å²) in [5.41, 5.74) is 1.38. The molecule has 1 aromatic heterocycles. The van der Waals surface area contributed by atoms with Gasteiger partial charge in [0.05, 0.1) is 4.92 Å². The van der Waals surface area contributed by atoms with Crippen LogP contribution < -0.4 is 0 Å². The Balaban J connectivity index is 2.12. The van der Waals surface area contributed by atoms with E-state index in [4.69, 9.17) is 0 Å². The molecule has 2 rings (SSSR count). The number of hydrogen-bond acceptors (Lipinski definition) is 4. The average molecular weight is 259 g/mol. The molecule has 0 amide bonds. The summed E-state index contributed by atoms with van der Waals surface area (Å²) in [6.07, 6.45) is 3.18. The highest BCUT2D eigenvalue weighted by atomic mass is 32.1. The van der Waals surface area contributed by atoms with E-state index in [1.165, 1.54) is 30.3 Å². The lowest BCUT2D eigenvalue weighted by atomic mass is 10.1. The maximum absolute atomic E-state index is 11.8. The van der Waals surface area contributed by atoms with Crippen LogP contribution in [0.25, 0.3) is 6.08 Å². The van der Waals surface area contributed by atoms with Crippen LogP contribution in [-0.4, -0.2) is 10.7 Å². The van der Waals surface area contributed by atoms with Crippen molar-refractivity contribution in [2.24, 2.45) is 0 Å². The Morgan fingerprint density at radius 2 is 1.94 bits per heavy atom. The third-order valence-electron chi connectivity index (χ3n) is 2.33. The summed E-state index contributed by atoms with van der Waals surface area (Å²) in [7, 11) is 0. The van der Waals surface area contributed by atoms with Crippen LogP contribution in [0.2, 0.25) is 0 Å². The number of rotatable bonds is 4. The number of ketones is 1. The second kappa shape index (κ2) is 5.37. The first-order valence-electron chi connectivity index (χ1n) is 5.16. The standard InChI is InChI=1S/C13H9NO3S/c15-13(6-1-10-7-8-18-9-10)11-2-4-12(5-3-11)14(16)17/h1-9H/b6-1+. The van der Waals surface area contributed by atoms with Gasteiger partial charge in [0.25, 0.3) is 5.69 Å². The summed E-state index contributed by atoms with van der Waals surface area (Å²) in [6, 6.07) is 7.47. The van der Waals surface area contributed by atoms with Crippen molar-refractivity contribution in [2.75, 3.05) is 0 Å². The zero-order valence-electron chi connectivity index (χ0n) is 9.28. The van der Waals surface area contributed by atoms with E-state index in [0.29, 0.717) is 5.56 Å². The Hall–Kier alpha value is -2.27. The number of hydrogen-bond donors (Lipinski definition) is 0. The zero-order chi connectivity index (χ0) is 13.0. The van der Waals surface area contributed by atoms with E-state index in [1.807, 2.05) is 16.8 Å². The third kappa shape index (κ3) is 2.89. The number of nitrogens with zero attached hydrogens (tertiary/aromatic N) is 1. The first-order valence-corrected chi connectivity index (χ1v) is 6.10. The highest BCUT2D eigenvalue weighted by molar-refractivity contribution is 7.08. The molecule has 0 aliphatic carbocycles. The van der Waals surface area contributed by atoms with Gasteiger partial charge in [-0.1, -0.05) is 6.08 Å². The second-order valence-electron chi connectivity index (χ2n) is 3.56. The molecule has 0 saturated carbocycles. The van der Waals surface area contributed by atoms with Gasteiger partial charge < -0.3 is 0 Å². The molecule has 0 aliphatic heterocycles. The summed E-state index contributed by atoms with van der Waals surface area (Å²) in [5, 5.41) is 14.3. The number of nitro benzene ring substituents is 1. The van der Waals surface area contributed by atoms with Gasteiger partial charge in [-0.05, 0) is 40.6 Å². The number of non-ortho nitro benzene ring substituents is 1. The van der Waals surface area contributed by atoms with Crippen molar-refractivity contribution in [3.8, 4) is 0 Å². The number of carbonyl (C=O) groups excluding carboxylic acids is 1. The molecule has 0 aliphatic rings. The van der Waals surface area contributed by atoms with E-state index < -0.39 is 4.92 Å². The van der Waals surface area contributed by atoms with Crippen LogP contribution in [0.4, 0.5) is 5.69 Å². The fourth-order valence-electron chi connectivity index (χ4n) is 1.39. The van der Waals surface area contributed by atoms with Crippen molar-refractivity contribution in [3.63, 3.8) is 0 Å². The average Bonchev–Trinajstić information content (AvgIpc) is 2.89. The molecule has 4 nitrogen and oxygen atoms in total. The SMILES string of the molecule is O=C(/C=C/c1ccsc1)c1ccc([N+](=O)[O-])cc1. The van der Waals surface area contributed by atoms with Gasteiger partial charge in [-0.3, -0.25) is 14.9 Å². The van der Waals surface area contributed by atoms with Crippen molar-refractivity contribution in [1.82, 2.24) is 0 Å². The Kier molecular flexibility index (Phi) is 3.64. The summed E-state index contributed by atoms with van der Waals surface area (Å²) in [4.78, 5) is 21.7. The van der Waals surface area contributed by atoms with Gasteiger partial charge >= 0.3 is 0 Å². The predicted octanol–water partition coefficient (Wildman–Crippen LogP) is 3.55. The molecule has 1 aromatic carbocycles. The highest BCUT2D eigenvalue weighted by Gasteiger charge is 2.06. The van der Waals surface area contributed by atoms with Crippen molar-refractivity contribution < 1.29 is 9.72 Å². The monoisotopic (exact) mass is 259 g/mol. The Morgan fingerprint density at radius 3 is 2.50 bits per heavy atom. The molecule has 1 heterocycles. The number of carbonyl (C=O) groups is 1. The Bertz CT molecular complexity index is 585. The van der Waals surface area contributed by atoms with Crippen LogP contribution in [0.3, 0.4) is 0 Å². The third-order valence-corrected chi connectivity index (χ3v) is 3.03. The van der Waals surface area contributed by atoms with Gasteiger partial charge in [0.2, 0.25) is 0 Å². The molecule has 90 valence electrons. The molecule has 0 atom stereocenters. The quantitative estimate of drug-likeness (QED) is 0.365. The van der Waals surface area contributed by atoms with Gasteiger partial charge in [0, 0.05) is 17.7 Å². The van der Waals surface area contributed by atoms with Gasteiger partial charge in [0.15, 0.2) is 5.78 Å². The molecule has 0 radical (unpaired) electrons. The maximum atomic E-state index is 11.8. The largest absolute Gasteiger partial charge is 0.289 e. The van der Waals surface area contributed by atoms with Gasteiger partial charge in [0.1, 0.15) is 0 Å². The lowest BCUT2D eigenvalue weighted by Crippen LogP contribution is -1.95. The molecule has 0 fully saturated rings. The molecule has 0 spiro atoms. The van der Waals surface area contributed by atoms with E-state index in [-0.39, 0.29) is 11.5 Å². The normalized spacial score (nSPS) is 10.7. The molecule has 5 heteroatoms. The fraction of sp³-hybridized carbons (Fsp3) is 0. The molecule has 0 bridgehead atoms. The maximum Gasteiger partial charge on any atom is 0.269 e. The van der Waals surface area contributed by atoms with Gasteiger partial charge in [-0.2, -0.15) is 11.3 Å². The zero-order valence-corrected chi connectivity index (χ0v) is 10.1. The van der Waals surface area contributed by atoms with Crippen molar-refractivity contribution >= 4 is 28.9 Å². The van der Waals surface area contributed by atoms with Crippen LogP contribution >= 0.6 is 11.3 Å². The molecule has 0 N–H and O–H groups in total. The number of thiophene rings is 1. The summed E-state index contributed by atoms with van der Waals surface area (Å²) in [6.45, 7) is 0. The van der Waals surface area contributed by atoms with Crippen LogP contribution in [0.1, 0.15) is 15.9 Å². The first-order chi connectivity index (χ1) is 8.66. The van der Waals surface area contributed by atoms with Crippen LogP contribution in [0, 0.1) is 10.1 Å². The van der Waals surface area contributed by atoms with Crippen molar-refractivity contribution in [2.45, 2.75) is 0 Å². The smallest absolute Gasteiger partial charge is 0.269 e. The van der Waals surface area contributed by atoms with Crippen molar-refractivity contribution in [1.29, 1.82) is 0 Å². The van der Waals surface area contributed by atoms with E-state index in [1.54, 1.807) is 17.4 Å². The minimum Gasteiger partial charge on any atom is -0.289 e. The van der Waals surface area contributed by atoms with E-state index >= 15 is 0 Å². The molecule has 0 unspecified atom stereocenters. The van der Waals surface area contributed by atoms with Crippen LogP contribution in [-0.2, 0) is 0 Å². The number of allylic oxidation sites excluding steroid dienone is 1. The van der Waals surface area contributed by atoms with Crippen LogP contribution in [0.5, 0.6) is 0 Å². The predicted molar refractivity (Wildman–Crippen MR) is 70.8 cm³/mol. The minimum absolute atomic E-state index is 0.0200. The summed E-state index contributed by atoms with van der Waals surface area (Å²) in [5.74, 6) is -0.170. The molecule has 0 saturated heterocycles. The van der Waals surface area contributed by atoms with Crippen LogP contribution in [0.15, 0.2) is 47.2 Å². The van der Waals surface area contributed by atoms with Gasteiger partial charge in [-0.15, -0.1) is 0 Å². The van der Waals surface area contributed by atoms with E-state index in [0.717, 1.165) is 5.56 Å². The summed E-state index contributed by atoms with van der Waals surface area (Å²) >= 11 is 1.55. The first kappa shape index (κ1) is 12.2. The summed E-state index contributed by atoms with van der Waals surface area (Å²) < 4.78 is 0.